The highest BCUT2D eigenvalue weighted by molar-refractivity contribution is 5.95. The predicted octanol–water partition coefficient (Wildman–Crippen LogP) is 4.36. The van der Waals surface area contributed by atoms with Crippen molar-refractivity contribution in [3.8, 4) is 0 Å². The summed E-state index contributed by atoms with van der Waals surface area (Å²) in [4.78, 5) is 12.6. The molecule has 1 aromatic carbocycles. The maximum atomic E-state index is 12.6. The summed E-state index contributed by atoms with van der Waals surface area (Å²) in [6, 6.07) is 8.38. The highest BCUT2D eigenvalue weighted by Crippen LogP contribution is 2.31. The van der Waals surface area contributed by atoms with Gasteiger partial charge in [-0.05, 0) is 29.9 Å². The van der Waals surface area contributed by atoms with Crippen molar-refractivity contribution in [2.75, 3.05) is 13.7 Å². The zero-order valence-corrected chi connectivity index (χ0v) is 15.0. The lowest BCUT2D eigenvalue weighted by molar-refractivity contribution is -0.118. The molecule has 0 fully saturated rings. The number of methoxy groups -OCH3 is 1. The molecule has 3 heteroatoms. The van der Waals surface area contributed by atoms with Gasteiger partial charge in [-0.3, -0.25) is 4.79 Å². The van der Waals surface area contributed by atoms with Gasteiger partial charge < -0.3 is 10.1 Å². The first-order valence-corrected chi connectivity index (χ1v) is 8.88. The van der Waals surface area contributed by atoms with Gasteiger partial charge in [-0.15, -0.1) is 0 Å². The van der Waals surface area contributed by atoms with Crippen molar-refractivity contribution in [1.82, 2.24) is 5.32 Å². The summed E-state index contributed by atoms with van der Waals surface area (Å²) >= 11 is 0. The molecule has 0 radical (unpaired) electrons. The zero-order chi connectivity index (χ0) is 17.4. The van der Waals surface area contributed by atoms with Crippen LogP contribution in [-0.4, -0.2) is 19.6 Å². The molecule has 1 aliphatic rings. The van der Waals surface area contributed by atoms with Gasteiger partial charge in [0.05, 0.1) is 6.61 Å². The Kier molecular flexibility index (Phi) is 7.26. The third kappa shape index (κ3) is 5.07. The summed E-state index contributed by atoms with van der Waals surface area (Å²) in [6.07, 6.45) is 9.23. The summed E-state index contributed by atoms with van der Waals surface area (Å²) in [7, 11) is 1.70. The van der Waals surface area contributed by atoms with Crippen molar-refractivity contribution < 1.29 is 9.53 Å². The van der Waals surface area contributed by atoms with Crippen LogP contribution in [0.1, 0.15) is 50.2 Å². The molecule has 1 aromatic rings. The largest absolute Gasteiger partial charge is 0.380 e. The van der Waals surface area contributed by atoms with E-state index in [1.54, 1.807) is 7.11 Å². The van der Waals surface area contributed by atoms with Crippen molar-refractivity contribution in [2.45, 2.75) is 45.6 Å². The second-order valence-corrected chi connectivity index (χ2v) is 6.62. The van der Waals surface area contributed by atoms with Crippen LogP contribution in [-0.2, 0) is 16.1 Å². The Morgan fingerprint density at radius 3 is 2.75 bits per heavy atom. The molecule has 24 heavy (non-hydrogen) atoms. The van der Waals surface area contributed by atoms with Crippen molar-refractivity contribution >= 4 is 5.91 Å². The second kappa shape index (κ2) is 9.43. The topological polar surface area (TPSA) is 38.3 Å². The van der Waals surface area contributed by atoms with Gasteiger partial charge in [0, 0.05) is 25.1 Å². The fourth-order valence-electron chi connectivity index (χ4n) is 3.16. The van der Waals surface area contributed by atoms with Crippen LogP contribution in [0.2, 0.25) is 0 Å². The fraction of sp³-hybridized carbons (Fsp3) is 0.476. The maximum absolute atomic E-state index is 12.6. The SMILES string of the molecule is CCC[C@H](C)CNC(=O)C1=CC=CCC1c1ccc(COC)cc1. The van der Waals surface area contributed by atoms with E-state index in [1.165, 1.54) is 5.56 Å². The number of hydrogen-bond donors (Lipinski definition) is 1. The Balaban J connectivity index is 2.05. The minimum atomic E-state index is 0.0632. The molecule has 0 bridgehead atoms. The molecule has 0 aliphatic heterocycles. The summed E-state index contributed by atoms with van der Waals surface area (Å²) in [6.45, 7) is 5.72. The molecular formula is C21H29NO2. The van der Waals surface area contributed by atoms with Crippen LogP contribution in [0.5, 0.6) is 0 Å². The molecule has 0 aromatic heterocycles. The maximum Gasteiger partial charge on any atom is 0.247 e. The van der Waals surface area contributed by atoms with E-state index >= 15 is 0 Å². The summed E-state index contributed by atoms with van der Waals surface area (Å²) in [5, 5.41) is 3.11. The van der Waals surface area contributed by atoms with Crippen LogP contribution in [0.3, 0.4) is 0 Å². The van der Waals surface area contributed by atoms with Crippen LogP contribution in [0.15, 0.2) is 48.1 Å². The minimum Gasteiger partial charge on any atom is -0.380 e. The van der Waals surface area contributed by atoms with Crippen molar-refractivity contribution in [1.29, 1.82) is 0 Å². The highest BCUT2D eigenvalue weighted by atomic mass is 16.5. The molecule has 1 unspecified atom stereocenters. The lowest BCUT2D eigenvalue weighted by atomic mass is 9.84. The number of nitrogens with one attached hydrogen (secondary N) is 1. The zero-order valence-electron chi connectivity index (χ0n) is 15.0. The van der Waals surface area contributed by atoms with Crippen molar-refractivity contribution in [2.24, 2.45) is 5.92 Å². The van der Waals surface area contributed by atoms with Crippen LogP contribution in [0, 0.1) is 5.92 Å². The average Bonchev–Trinajstić information content (AvgIpc) is 2.61. The molecule has 0 saturated heterocycles. The van der Waals surface area contributed by atoms with Crippen LogP contribution in [0.25, 0.3) is 0 Å². The molecule has 0 saturated carbocycles. The van der Waals surface area contributed by atoms with Crippen LogP contribution >= 0.6 is 0 Å². The van der Waals surface area contributed by atoms with Gasteiger partial charge in [-0.25, -0.2) is 0 Å². The van der Waals surface area contributed by atoms with Gasteiger partial charge in [0.1, 0.15) is 0 Å². The van der Waals surface area contributed by atoms with Crippen LogP contribution in [0.4, 0.5) is 0 Å². The standard InChI is InChI=1S/C21H29NO2/c1-4-7-16(2)14-22-21(23)20-9-6-5-8-19(20)18-12-10-17(11-13-18)15-24-3/h5-6,9-13,16,19H,4,7-8,14-15H2,1-3H3,(H,22,23)/t16-,19?/m0/s1. The molecule has 130 valence electrons. The molecule has 1 N–H and O–H groups in total. The molecule has 1 aliphatic carbocycles. The minimum absolute atomic E-state index is 0.0632. The highest BCUT2D eigenvalue weighted by Gasteiger charge is 2.23. The van der Waals surface area contributed by atoms with Gasteiger partial charge in [0.2, 0.25) is 5.91 Å². The van der Waals surface area contributed by atoms with Crippen LogP contribution < -0.4 is 5.32 Å². The van der Waals surface area contributed by atoms with E-state index in [2.05, 4.69) is 49.5 Å². The Hall–Kier alpha value is -1.87. The fourth-order valence-corrected chi connectivity index (χ4v) is 3.16. The Bertz CT molecular complexity index is 586. The summed E-state index contributed by atoms with van der Waals surface area (Å²) < 4.78 is 5.16. The number of carbonyl (C=O) groups excluding carboxylic acids is 1. The Morgan fingerprint density at radius 2 is 2.08 bits per heavy atom. The van der Waals surface area contributed by atoms with Gasteiger partial charge in [-0.1, -0.05) is 62.8 Å². The van der Waals surface area contributed by atoms with E-state index < -0.39 is 0 Å². The predicted molar refractivity (Wildman–Crippen MR) is 98.8 cm³/mol. The van der Waals surface area contributed by atoms with Crippen molar-refractivity contribution in [3.63, 3.8) is 0 Å². The number of hydrogen-bond acceptors (Lipinski definition) is 2. The molecule has 1 amide bonds. The number of carbonyl (C=O) groups is 1. The number of allylic oxidation sites excluding steroid dienone is 3. The van der Waals surface area contributed by atoms with E-state index in [-0.39, 0.29) is 11.8 Å². The average molecular weight is 327 g/mol. The molecular weight excluding hydrogens is 298 g/mol. The van der Waals surface area contributed by atoms with E-state index in [9.17, 15) is 4.79 Å². The quantitative estimate of drug-likeness (QED) is 0.770. The second-order valence-electron chi connectivity index (χ2n) is 6.62. The van der Waals surface area contributed by atoms with Gasteiger partial charge in [0.25, 0.3) is 0 Å². The number of amides is 1. The molecule has 0 spiro atoms. The Labute approximate surface area is 145 Å². The number of rotatable bonds is 8. The van der Waals surface area contributed by atoms with Gasteiger partial charge in [-0.2, -0.15) is 0 Å². The molecule has 3 nitrogen and oxygen atoms in total. The van der Waals surface area contributed by atoms with Crippen molar-refractivity contribution in [3.05, 3.63) is 59.2 Å². The molecule has 2 rings (SSSR count). The monoisotopic (exact) mass is 327 g/mol. The smallest absolute Gasteiger partial charge is 0.247 e. The number of ether oxygens (including phenoxy) is 1. The Morgan fingerprint density at radius 1 is 1.33 bits per heavy atom. The first-order chi connectivity index (χ1) is 11.7. The summed E-state index contributed by atoms with van der Waals surface area (Å²) in [5.74, 6) is 0.715. The molecule has 0 heterocycles. The summed E-state index contributed by atoms with van der Waals surface area (Å²) in [5.41, 5.74) is 3.19. The van der Waals surface area contributed by atoms with E-state index in [1.807, 2.05) is 12.2 Å². The lowest BCUT2D eigenvalue weighted by Crippen LogP contribution is -2.31. The van der Waals surface area contributed by atoms with Gasteiger partial charge >= 0.3 is 0 Å². The van der Waals surface area contributed by atoms with E-state index in [0.29, 0.717) is 12.5 Å². The number of benzene rings is 1. The first-order valence-electron chi connectivity index (χ1n) is 8.88. The molecule has 2 atom stereocenters. The first kappa shape index (κ1) is 18.5. The normalized spacial score (nSPS) is 18.1. The third-order valence-corrected chi connectivity index (χ3v) is 4.51. The van der Waals surface area contributed by atoms with E-state index in [0.717, 1.165) is 36.9 Å². The lowest BCUT2D eigenvalue weighted by Gasteiger charge is -2.22. The van der Waals surface area contributed by atoms with E-state index in [4.69, 9.17) is 4.74 Å². The van der Waals surface area contributed by atoms with Gasteiger partial charge in [0.15, 0.2) is 0 Å². The third-order valence-electron chi connectivity index (χ3n) is 4.51.